The first-order chi connectivity index (χ1) is 14.6. The van der Waals surface area contributed by atoms with E-state index in [-0.39, 0.29) is 17.8 Å². The molecular formula is C23H23FN4O2. The first kappa shape index (κ1) is 18.9. The minimum absolute atomic E-state index is 0.0325. The second-order valence-corrected chi connectivity index (χ2v) is 7.98. The molecule has 0 unspecified atom stereocenters. The van der Waals surface area contributed by atoms with Crippen LogP contribution in [0.15, 0.2) is 47.5 Å². The molecule has 0 spiro atoms. The van der Waals surface area contributed by atoms with Gasteiger partial charge in [0.05, 0.1) is 28.9 Å². The number of ether oxygens (including phenoxy) is 1. The smallest absolute Gasteiger partial charge is 0.329 e. The fraction of sp³-hybridized carbons (Fsp3) is 0.348. The zero-order chi connectivity index (χ0) is 20.8. The van der Waals surface area contributed by atoms with Crippen LogP contribution in [0.3, 0.4) is 0 Å². The molecule has 5 rings (SSSR count). The van der Waals surface area contributed by atoms with Gasteiger partial charge in [0.2, 0.25) is 5.95 Å². The SMILES string of the molecule is CO[C@H]1CCC[C@H](n2c(=O)n(C)c3cnc4ccc(-c5ccc(F)nc5)cc4c32)C1. The maximum atomic E-state index is 13.3. The summed E-state index contributed by atoms with van der Waals surface area (Å²) in [7, 11) is 3.53. The predicted octanol–water partition coefficient (Wildman–Crippen LogP) is 4.22. The van der Waals surface area contributed by atoms with E-state index in [1.807, 2.05) is 22.8 Å². The molecule has 3 heterocycles. The average Bonchev–Trinajstić information content (AvgIpc) is 3.04. The van der Waals surface area contributed by atoms with Crippen LogP contribution >= 0.6 is 0 Å². The molecule has 2 atom stereocenters. The number of fused-ring (bicyclic) bond motifs is 3. The monoisotopic (exact) mass is 406 g/mol. The molecule has 154 valence electrons. The molecule has 1 aliphatic carbocycles. The van der Waals surface area contributed by atoms with Gasteiger partial charge in [-0.05, 0) is 55.5 Å². The Hall–Kier alpha value is -3.06. The zero-order valence-electron chi connectivity index (χ0n) is 17.0. The van der Waals surface area contributed by atoms with E-state index in [2.05, 4.69) is 9.97 Å². The highest BCUT2D eigenvalue weighted by molar-refractivity contribution is 6.04. The minimum Gasteiger partial charge on any atom is -0.381 e. The van der Waals surface area contributed by atoms with Gasteiger partial charge >= 0.3 is 5.69 Å². The fourth-order valence-corrected chi connectivity index (χ4v) is 4.66. The number of hydrogen-bond donors (Lipinski definition) is 0. The Morgan fingerprint density at radius 3 is 2.70 bits per heavy atom. The van der Waals surface area contributed by atoms with Crippen LogP contribution in [0.1, 0.15) is 31.7 Å². The molecule has 3 aromatic heterocycles. The summed E-state index contributed by atoms with van der Waals surface area (Å²) in [5.41, 5.74) is 4.21. The highest BCUT2D eigenvalue weighted by atomic mass is 19.1. The van der Waals surface area contributed by atoms with Crippen LogP contribution in [-0.2, 0) is 11.8 Å². The second-order valence-electron chi connectivity index (χ2n) is 7.98. The summed E-state index contributed by atoms with van der Waals surface area (Å²) in [5.74, 6) is -0.509. The van der Waals surface area contributed by atoms with Gasteiger partial charge in [-0.15, -0.1) is 0 Å². The Labute approximate surface area is 172 Å². The summed E-state index contributed by atoms with van der Waals surface area (Å²) in [6.07, 6.45) is 7.28. The molecule has 7 heteroatoms. The normalized spacial score (nSPS) is 19.6. The minimum atomic E-state index is -0.509. The third-order valence-corrected chi connectivity index (χ3v) is 6.27. The highest BCUT2D eigenvalue weighted by Gasteiger charge is 2.27. The second kappa shape index (κ2) is 7.32. The van der Waals surface area contributed by atoms with E-state index < -0.39 is 5.95 Å². The van der Waals surface area contributed by atoms with Gasteiger partial charge in [0.15, 0.2) is 0 Å². The molecule has 30 heavy (non-hydrogen) atoms. The summed E-state index contributed by atoms with van der Waals surface area (Å²) < 4.78 is 22.5. The molecule has 0 aliphatic heterocycles. The van der Waals surface area contributed by atoms with E-state index in [4.69, 9.17) is 4.74 Å². The number of rotatable bonds is 3. The Morgan fingerprint density at radius 2 is 1.93 bits per heavy atom. The van der Waals surface area contributed by atoms with E-state index in [0.29, 0.717) is 0 Å². The van der Waals surface area contributed by atoms with Crippen LogP contribution in [0.2, 0.25) is 0 Å². The number of nitrogens with zero attached hydrogens (tertiary/aromatic N) is 4. The number of aryl methyl sites for hydroxylation is 1. The highest BCUT2D eigenvalue weighted by Crippen LogP contribution is 2.34. The molecule has 0 saturated heterocycles. The Kier molecular flexibility index (Phi) is 4.62. The van der Waals surface area contributed by atoms with Gasteiger partial charge in [0, 0.05) is 37.3 Å². The largest absolute Gasteiger partial charge is 0.381 e. The van der Waals surface area contributed by atoms with Gasteiger partial charge in [0.1, 0.15) is 0 Å². The van der Waals surface area contributed by atoms with Crippen LogP contribution in [0.25, 0.3) is 33.1 Å². The molecule has 1 aliphatic rings. The van der Waals surface area contributed by atoms with E-state index in [1.165, 1.54) is 12.3 Å². The molecule has 0 amide bonds. The molecule has 1 saturated carbocycles. The lowest BCUT2D eigenvalue weighted by atomic mass is 9.92. The number of halogens is 1. The molecule has 1 aromatic carbocycles. The van der Waals surface area contributed by atoms with Crippen molar-refractivity contribution in [2.45, 2.75) is 37.8 Å². The lowest BCUT2D eigenvalue weighted by molar-refractivity contribution is 0.0531. The molecule has 1 fully saturated rings. The number of imidazole rings is 1. The van der Waals surface area contributed by atoms with Gasteiger partial charge in [-0.3, -0.25) is 14.1 Å². The summed E-state index contributed by atoms with van der Waals surface area (Å²) in [6, 6.07) is 9.05. The molecule has 0 N–H and O–H groups in total. The number of pyridine rings is 2. The predicted molar refractivity (Wildman–Crippen MR) is 114 cm³/mol. The average molecular weight is 406 g/mol. The zero-order valence-corrected chi connectivity index (χ0v) is 17.0. The Morgan fingerprint density at radius 1 is 1.10 bits per heavy atom. The fourth-order valence-electron chi connectivity index (χ4n) is 4.66. The van der Waals surface area contributed by atoms with Gasteiger partial charge in [-0.1, -0.05) is 6.07 Å². The third-order valence-electron chi connectivity index (χ3n) is 6.27. The third kappa shape index (κ3) is 3.01. The van der Waals surface area contributed by atoms with Crippen molar-refractivity contribution in [1.29, 1.82) is 0 Å². The quantitative estimate of drug-likeness (QED) is 0.478. The topological polar surface area (TPSA) is 61.9 Å². The van der Waals surface area contributed by atoms with Gasteiger partial charge in [0.25, 0.3) is 0 Å². The van der Waals surface area contributed by atoms with Gasteiger partial charge in [-0.2, -0.15) is 4.39 Å². The van der Waals surface area contributed by atoms with Crippen LogP contribution < -0.4 is 5.69 Å². The molecule has 0 radical (unpaired) electrons. The number of methoxy groups -OCH3 is 1. The molecule has 4 aromatic rings. The van der Waals surface area contributed by atoms with Crippen molar-refractivity contribution in [2.75, 3.05) is 7.11 Å². The van der Waals surface area contributed by atoms with Crippen molar-refractivity contribution in [1.82, 2.24) is 19.1 Å². The van der Waals surface area contributed by atoms with Gasteiger partial charge in [-0.25, -0.2) is 9.78 Å². The lowest BCUT2D eigenvalue weighted by Gasteiger charge is -2.29. The standard InChI is InChI=1S/C23H23FN4O2/c1-27-20-13-25-19-8-6-14(15-7-9-21(24)26-12-15)10-18(19)22(20)28(23(27)29)16-4-3-5-17(11-16)30-2/h6-10,12-13,16-17H,3-5,11H2,1-2H3/t16-,17-/m0/s1. The maximum absolute atomic E-state index is 13.3. The Balaban J connectivity index is 1.75. The van der Waals surface area contributed by atoms with Gasteiger partial charge < -0.3 is 4.74 Å². The van der Waals surface area contributed by atoms with Crippen molar-refractivity contribution < 1.29 is 9.13 Å². The summed E-state index contributed by atoms with van der Waals surface area (Å²) in [4.78, 5) is 21.6. The van der Waals surface area contributed by atoms with Crippen LogP contribution in [0, 0.1) is 5.95 Å². The van der Waals surface area contributed by atoms with Crippen LogP contribution in [-0.4, -0.2) is 32.3 Å². The van der Waals surface area contributed by atoms with Crippen molar-refractivity contribution in [3.63, 3.8) is 0 Å². The molecule has 6 nitrogen and oxygen atoms in total. The Bertz CT molecular complexity index is 1290. The number of benzene rings is 1. The summed E-state index contributed by atoms with van der Waals surface area (Å²) in [6.45, 7) is 0. The first-order valence-corrected chi connectivity index (χ1v) is 10.2. The number of aromatic nitrogens is 4. The van der Waals surface area contributed by atoms with E-state index >= 15 is 0 Å². The van der Waals surface area contributed by atoms with Crippen molar-refractivity contribution in [2.24, 2.45) is 7.05 Å². The summed E-state index contributed by atoms with van der Waals surface area (Å²) in [5, 5.41) is 0.909. The van der Waals surface area contributed by atoms with Crippen molar-refractivity contribution in [3.05, 3.63) is 59.2 Å². The van der Waals surface area contributed by atoms with Crippen molar-refractivity contribution >= 4 is 21.9 Å². The molecular weight excluding hydrogens is 383 g/mol. The number of hydrogen-bond acceptors (Lipinski definition) is 4. The van der Waals surface area contributed by atoms with E-state index in [9.17, 15) is 9.18 Å². The lowest BCUT2D eigenvalue weighted by Crippen LogP contribution is -2.31. The summed E-state index contributed by atoms with van der Waals surface area (Å²) >= 11 is 0. The first-order valence-electron chi connectivity index (χ1n) is 10.2. The van der Waals surface area contributed by atoms with Crippen LogP contribution in [0.4, 0.5) is 4.39 Å². The van der Waals surface area contributed by atoms with E-state index in [0.717, 1.165) is 58.7 Å². The van der Waals surface area contributed by atoms with Crippen LogP contribution in [0.5, 0.6) is 0 Å². The maximum Gasteiger partial charge on any atom is 0.329 e. The van der Waals surface area contributed by atoms with Crippen molar-refractivity contribution in [3.8, 4) is 11.1 Å². The van der Waals surface area contributed by atoms with E-state index in [1.54, 1.807) is 31.0 Å². The molecule has 0 bridgehead atoms.